The summed E-state index contributed by atoms with van der Waals surface area (Å²) in [6.07, 6.45) is 6.86. The maximum atomic E-state index is 12.9. The van der Waals surface area contributed by atoms with Crippen LogP contribution in [0.5, 0.6) is 5.75 Å². The highest BCUT2D eigenvalue weighted by molar-refractivity contribution is 6.05. The minimum absolute atomic E-state index is 0.0762. The van der Waals surface area contributed by atoms with Gasteiger partial charge in [0, 0.05) is 56.0 Å². The lowest BCUT2D eigenvalue weighted by atomic mass is 9.90. The molecule has 3 heterocycles. The highest BCUT2D eigenvalue weighted by Crippen LogP contribution is 2.36. The lowest BCUT2D eigenvalue weighted by Gasteiger charge is -2.45. The number of nitrogens with zero attached hydrogens (tertiary/aromatic N) is 3. The van der Waals surface area contributed by atoms with E-state index in [2.05, 4.69) is 21.9 Å². The number of amides is 3. The normalized spacial score (nSPS) is 27.9. The number of imide groups is 1. The second kappa shape index (κ2) is 9.13. The van der Waals surface area contributed by atoms with E-state index in [0.717, 1.165) is 49.2 Å². The molecule has 34 heavy (non-hydrogen) atoms. The number of hydrogen-bond donors (Lipinski definition) is 2. The third kappa shape index (κ3) is 4.04. The molecule has 0 radical (unpaired) electrons. The minimum atomic E-state index is -0.614. The van der Waals surface area contributed by atoms with Crippen LogP contribution in [0.15, 0.2) is 35.0 Å². The number of nitrogens with one attached hydrogen (secondary N) is 2. The van der Waals surface area contributed by atoms with Crippen molar-refractivity contribution in [3.8, 4) is 5.75 Å². The second-order valence-corrected chi connectivity index (χ2v) is 9.48. The predicted octanol–water partition coefficient (Wildman–Crippen LogP) is 1.91. The van der Waals surface area contributed by atoms with Crippen molar-refractivity contribution in [3.63, 3.8) is 0 Å². The Morgan fingerprint density at radius 3 is 2.76 bits per heavy atom. The van der Waals surface area contributed by atoms with Gasteiger partial charge in [-0.3, -0.25) is 29.6 Å². The van der Waals surface area contributed by atoms with E-state index in [9.17, 15) is 14.4 Å². The summed E-state index contributed by atoms with van der Waals surface area (Å²) in [5, 5.41) is 9.92. The van der Waals surface area contributed by atoms with Crippen molar-refractivity contribution in [1.29, 1.82) is 5.41 Å². The molecule has 1 aromatic rings. The van der Waals surface area contributed by atoms with Crippen molar-refractivity contribution in [2.75, 3.05) is 13.1 Å². The second-order valence-electron chi connectivity index (χ2n) is 9.48. The zero-order valence-electron chi connectivity index (χ0n) is 19.0. The number of fused-ring (bicyclic) bond motifs is 1. The number of ether oxygens (including phenoxy) is 1. The Bertz CT molecular complexity index is 1080. The fourth-order valence-corrected chi connectivity index (χ4v) is 5.62. The van der Waals surface area contributed by atoms with E-state index in [-0.39, 0.29) is 24.3 Å². The fraction of sp³-hybridized carbons (Fsp3) is 0.480. The van der Waals surface area contributed by atoms with Gasteiger partial charge in [0.2, 0.25) is 11.8 Å². The first kappa shape index (κ1) is 22.5. The van der Waals surface area contributed by atoms with Gasteiger partial charge in [0.25, 0.3) is 5.91 Å². The van der Waals surface area contributed by atoms with Gasteiger partial charge in [0.1, 0.15) is 17.9 Å². The minimum Gasteiger partial charge on any atom is -0.489 e. The summed E-state index contributed by atoms with van der Waals surface area (Å²) < 4.78 is 6.41. The molecule has 3 aliphatic heterocycles. The number of piperidine rings is 1. The summed E-state index contributed by atoms with van der Waals surface area (Å²) in [6, 6.07) is 5.25. The van der Waals surface area contributed by atoms with Crippen molar-refractivity contribution in [3.05, 3.63) is 41.1 Å². The van der Waals surface area contributed by atoms with Crippen molar-refractivity contribution in [2.24, 2.45) is 10.9 Å². The van der Waals surface area contributed by atoms with Crippen molar-refractivity contribution in [1.82, 2.24) is 15.1 Å². The molecule has 9 heteroatoms. The fourth-order valence-electron chi connectivity index (χ4n) is 5.62. The van der Waals surface area contributed by atoms with Gasteiger partial charge in [0.05, 0.1) is 0 Å². The molecule has 1 saturated carbocycles. The van der Waals surface area contributed by atoms with Crippen LogP contribution in [-0.4, -0.2) is 71.7 Å². The van der Waals surface area contributed by atoms with Crippen molar-refractivity contribution < 1.29 is 19.1 Å². The molecule has 9 nitrogen and oxygen atoms in total. The van der Waals surface area contributed by atoms with Crippen LogP contribution < -0.4 is 10.1 Å². The van der Waals surface area contributed by atoms with Crippen molar-refractivity contribution >= 4 is 30.7 Å². The van der Waals surface area contributed by atoms with E-state index in [1.54, 1.807) is 17.2 Å². The predicted molar refractivity (Wildman–Crippen MR) is 126 cm³/mol. The zero-order valence-corrected chi connectivity index (χ0v) is 19.0. The van der Waals surface area contributed by atoms with Crippen LogP contribution in [0.3, 0.4) is 0 Å². The standard InChI is InChI=1S/C25H29N5O4/c1-27-11-16(10-26)17-12-29(13-17)20-3-2-4-22(20)34-18-5-6-19-15(9-18)14-30(25(19)33)21-7-8-23(31)28-24(21)32/h5-6,9-11,17,20-22,26H,1-4,7-8,12-14H2,(H,28,31,32)/b16-11+,26-10?/t20-,21?,22-/m0/s1. The molecule has 3 atom stereocenters. The summed E-state index contributed by atoms with van der Waals surface area (Å²) in [5.41, 5.74) is 2.35. The molecule has 1 aromatic carbocycles. The molecule has 2 N–H and O–H groups in total. The lowest BCUT2D eigenvalue weighted by Crippen LogP contribution is -2.56. The summed E-state index contributed by atoms with van der Waals surface area (Å²) in [6.45, 7) is 5.61. The van der Waals surface area contributed by atoms with Gasteiger partial charge in [-0.2, -0.15) is 0 Å². The number of carbonyl (C=O) groups excluding carboxylic acids is 3. The van der Waals surface area contributed by atoms with Crippen molar-refractivity contribution in [2.45, 2.75) is 56.8 Å². The Hall–Kier alpha value is -3.33. The molecular weight excluding hydrogens is 434 g/mol. The number of rotatable bonds is 7. The zero-order chi connectivity index (χ0) is 23.8. The van der Waals surface area contributed by atoms with Gasteiger partial charge in [-0.1, -0.05) is 0 Å². The lowest BCUT2D eigenvalue weighted by molar-refractivity contribution is -0.136. The third-order valence-corrected chi connectivity index (χ3v) is 7.46. The Morgan fingerprint density at radius 2 is 2.03 bits per heavy atom. The maximum Gasteiger partial charge on any atom is 0.255 e. The SMILES string of the molecule is C=N/C=C(\C=N)C1CN([C@H]2CCC[C@@H]2Oc2ccc3c(c2)CN(C2CCC(=O)NC2=O)C3=O)C1. The summed E-state index contributed by atoms with van der Waals surface area (Å²) >= 11 is 0. The molecule has 5 rings (SSSR count). The van der Waals surface area contributed by atoms with Gasteiger partial charge in [0.15, 0.2) is 0 Å². The summed E-state index contributed by atoms with van der Waals surface area (Å²) in [5.74, 6) is 0.184. The molecule has 0 spiro atoms. The van der Waals surface area contributed by atoms with E-state index in [0.29, 0.717) is 30.5 Å². The molecule has 2 saturated heterocycles. The molecule has 3 amide bonds. The smallest absolute Gasteiger partial charge is 0.255 e. The Balaban J connectivity index is 1.23. The molecular formula is C25H29N5O4. The third-order valence-electron chi connectivity index (χ3n) is 7.46. The molecule has 4 aliphatic rings. The number of benzene rings is 1. The van der Waals surface area contributed by atoms with Crippen LogP contribution in [0.25, 0.3) is 0 Å². The van der Waals surface area contributed by atoms with Gasteiger partial charge in [-0.05, 0) is 61.7 Å². The molecule has 178 valence electrons. The van der Waals surface area contributed by atoms with E-state index >= 15 is 0 Å². The van der Waals surface area contributed by atoms with Crippen LogP contribution in [0.4, 0.5) is 0 Å². The number of likely N-dealkylation sites (tertiary alicyclic amines) is 1. The largest absolute Gasteiger partial charge is 0.489 e. The maximum absolute atomic E-state index is 12.9. The first-order chi connectivity index (χ1) is 16.5. The first-order valence-electron chi connectivity index (χ1n) is 11.8. The van der Waals surface area contributed by atoms with Crippen LogP contribution in [-0.2, 0) is 16.1 Å². The summed E-state index contributed by atoms with van der Waals surface area (Å²) in [4.78, 5) is 44.4. The number of carbonyl (C=O) groups is 3. The van der Waals surface area contributed by atoms with Crippen LogP contribution in [0.1, 0.15) is 48.0 Å². The van der Waals surface area contributed by atoms with Crippen LogP contribution in [0.2, 0.25) is 0 Å². The molecule has 0 bridgehead atoms. The Kier molecular flexibility index (Phi) is 6.03. The quantitative estimate of drug-likeness (QED) is 0.474. The van der Waals surface area contributed by atoms with E-state index in [1.807, 2.05) is 12.1 Å². The number of aliphatic imine (C=N–C) groups is 1. The average molecular weight is 464 g/mol. The van der Waals surface area contributed by atoms with Crippen LogP contribution in [0, 0.1) is 11.3 Å². The highest BCUT2D eigenvalue weighted by Gasteiger charge is 2.42. The van der Waals surface area contributed by atoms with E-state index in [4.69, 9.17) is 10.1 Å². The Morgan fingerprint density at radius 1 is 1.21 bits per heavy atom. The van der Waals surface area contributed by atoms with E-state index in [1.165, 1.54) is 6.21 Å². The average Bonchev–Trinajstić information content (AvgIpc) is 3.36. The topological polar surface area (TPSA) is 115 Å². The first-order valence-corrected chi connectivity index (χ1v) is 11.8. The number of hydrogen-bond acceptors (Lipinski definition) is 7. The monoisotopic (exact) mass is 463 g/mol. The molecule has 1 aliphatic carbocycles. The summed E-state index contributed by atoms with van der Waals surface area (Å²) in [7, 11) is 0. The molecule has 1 unspecified atom stereocenters. The highest BCUT2D eigenvalue weighted by atomic mass is 16.5. The Labute approximate surface area is 198 Å². The van der Waals surface area contributed by atoms with Gasteiger partial charge in [-0.25, -0.2) is 0 Å². The van der Waals surface area contributed by atoms with Gasteiger partial charge >= 0.3 is 0 Å². The molecule has 0 aromatic heterocycles. The van der Waals surface area contributed by atoms with Gasteiger partial charge in [-0.15, -0.1) is 0 Å². The molecule has 3 fully saturated rings. The van der Waals surface area contributed by atoms with E-state index < -0.39 is 11.9 Å². The van der Waals surface area contributed by atoms with Gasteiger partial charge < -0.3 is 15.0 Å². The van der Waals surface area contributed by atoms with Crippen LogP contribution >= 0.6 is 0 Å².